The number of aryl methyl sites for hydroxylation is 2. The van der Waals surface area contributed by atoms with E-state index in [0.29, 0.717) is 0 Å². The lowest BCUT2D eigenvalue weighted by molar-refractivity contribution is -0.646. The first-order valence-electron chi connectivity index (χ1n) is 3.73. The molecule has 1 aromatic carbocycles. The van der Waals surface area contributed by atoms with Crippen LogP contribution in [0.1, 0.15) is 5.01 Å². The lowest BCUT2D eigenvalue weighted by Gasteiger charge is -1.87. The van der Waals surface area contributed by atoms with Crippen LogP contribution in [0.3, 0.4) is 0 Å². The summed E-state index contributed by atoms with van der Waals surface area (Å²) in [5, 5.41) is 1.35. The lowest BCUT2D eigenvalue weighted by atomic mass is 10.3. The van der Waals surface area contributed by atoms with Gasteiger partial charge in [-0.05, 0) is 34.7 Å². The summed E-state index contributed by atoms with van der Waals surface area (Å²) in [6, 6.07) is 6.56. The molecule has 0 unspecified atom stereocenters. The predicted molar refractivity (Wildman–Crippen MR) is 60.5 cm³/mol. The van der Waals surface area contributed by atoms with Crippen molar-refractivity contribution in [1.82, 2.24) is 0 Å². The normalized spacial score (nSPS) is 10.1. The average Bonchev–Trinajstić information content (AvgIpc) is 2.28. The fraction of sp³-hybridized carbons (Fsp3) is 0.222. The lowest BCUT2D eigenvalue weighted by Crippen LogP contribution is -3.00. The van der Waals surface area contributed by atoms with Gasteiger partial charge in [-0.25, -0.2) is 0 Å². The van der Waals surface area contributed by atoms with Crippen molar-refractivity contribution in [3.8, 4) is 0 Å². The van der Waals surface area contributed by atoms with Crippen LogP contribution in [-0.4, -0.2) is 0 Å². The van der Waals surface area contributed by atoms with Gasteiger partial charge in [0.1, 0.15) is 11.7 Å². The fourth-order valence-electron chi connectivity index (χ4n) is 1.24. The molecule has 0 fully saturated rings. The van der Waals surface area contributed by atoms with Gasteiger partial charge in [0.05, 0.1) is 0 Å². The molecule has 1 nitrogen and oxygen atoms in total. The van der Waals surface area contributed by atoms with Gasteiger partial charge >= 0.3 is 0 Å². The molecule has 0 amide bonds. The molecular weight excluding hydrogens is 408 g/mol. The number of hydrogen-bond donors (Lipinski definition) is 0. The van der Waals surface area contributed by atoms with Crippen molar-refractivity contribution >= 4 is 44.1 Å². The van der Waals surface area contributed by atoms with Crippen LogP contribution < -0.4 is 28.5 Å². The zero-order chi connectivity index (χ0) is 8.72. The maximum absolute atomic E-state index is 2.35. The smallest absolute Gasteiger partial charge is 0.234 e. The Hall–Kier alpha value is 0.570. The Morgan fingerprint density at radius 1 is 1.38 bits per heavy atom. The van der Waals surface area contributed by atoms with Crippen molar-refractivity contribution < 1.29 is 28.5 Å². The molecule has 0 spiro atoms. The van der Waals surface area contributed by atoms with Crippen molar-refractivity contribution in [3.63, 3.8) is 0 Å². The molecule has 2 aromatic rings. The molecule has 0 bridgehead atoms. The van der Waals surface area contributed by atoms with E-state index in [1.54, 1.807) is 0 Å². The maximum Gasteiger partial charge on any atom is 0.234 e. The Morgan fingerprint density at radius 2 is 2.08 bits per heavy atom. The summed E-state index contributed by atoms with van der Waals surface area (Å²) in [5.41, 5.74) is 1.33. The van der Waals surface area contributed by atoms with Crippen LogP contribution in [-0.2, 0) is 7.05 Å². The first-order valence-corrected chi connectivity index (χ1v) is 5.62. The summed E-state index contributed by atoms with van der Waals surface area (Å²) in [7, 11) is 2.11. The topological polar surface area (TPSA) is 3.88 Å². The third-order valence-corrected chi connectivity index (χ3v) is 3.80. The fourth-order valence-corrected chi connectivity index (χ4v) is 3.00. The van der Waals surface area contributed by atoms with E-state index in [4.69, 9.17) is 0 Å². The number of fused-ring (bicyclic) bond motifs is 1. The van der Waals surface area contributed by atoms with Crippen LogP contribution in [0.25, 0.3) is 10.2 Å². The highest BCUT2D eigenvalue weighted by Crippen LogP contribution is 2.21. The Kier molecular flexibility index (Phi) is 3.94. The van der Waals surface area contributed by atoms with Gasteiger partial charge in [0.2, 0.25) is 10.5 Å². The Morgan fingerprint density at radius 3 is 2.77 bits per heavy atom. The van der Waals surface area contributed by atoms with Crippen molar-refractivity contribution in [3.05, 3.63) is 26.8 Å². The zero-order valence-corrected chi connectivity index (χ0v) is 12.5. The van der Waals surface area contributed by atoms with Gasteiger partial charge < -0.3 is 24.0 Å². The SMILES string of the molecule is Cc1sc2cc(I)ccc2[n+]1C.[I-]. The summed E-state index contributed by atoms with van der Waals surface area (Å²) in [5.74, 6) is 0. The third-order valence-electron chi connectivity index (χ3n) is 2.01. The van der Waals surface area contributed by atoms with Gasteiger partial charge in [0, 0.05) is 16.6 Å². The van der Waals surface area contributed by atoms with Crippen molar-refractivity contribution in [1.29, 1.82) is 0 Å². The molecule has 0 aliphatic heterocycles. The molecule has 0 saturated carbocycles. The van der Waals surface area contributed by atoms with E-state index in [0.717, 1.165) is 0 Å². The first kappa shape index (κ1) is 11.6. The van der Waals surface area contributed by atoms with Gasteiger partial charge in [-0.3, -0.25) is 0 Å². The van der Waals surface area contributed by atoms with Gasteiger partial charge in [-0.15, -0.1) is 0 Å². The zero-order valence-electron chi connectivity index (χ0n) is 7.34. The molecule has 4 heteroatoms. The molecule has 0 radical (unpaired) electrons. The third kappa shape index (κ3) is 2.15. The van der Waals surface area contributed by atoms with Gasteiger partial charge in [0.15, 0.2) is 0 Å². The van der Waals surface area contributed by atoms with Crippen LogP contribution in [0.4, 0.5) is 0 Å². The minimum absolute atomic E-state index is 0. The second kappa shape index (κ2) is 4.39. The highest BCUT2D eigenvalue weighted by molar-refractivity contribution is 14.1. The van der Waals surface area contributed by atoms with E-state index in [1.165, 1.54) is 18.8 Å². The standard InChI is InChI=1S/C9H9INS.HI/c1-6-11(2)8-4-3-7(10)5-9(8)12-6;/h3-5H,1-2H3;1H/q+1;/p-1. The minimum Gasteiger partial charge on any atom is -1.00 e. The molecule has 13 heavy (non-hydrogen) atoms. The summed E-state index contributed by atoms with van der Waals surface area (Å²) >= 11 is 4.20. The predicted octanol–water partition coefficient (Wildman–Crippen LogP) is -0.357. The van der Waals surface area contributed by atoms with Crippen molar-refractivity contribution in [2.45, 2.75) is 6.92 Å². The van der Waals surface area contributed by atoms with Crippen LogP contribution >= 0.6 is 33.9 Å². The number of halogens is 2. The van der Waals surface area contributed by atoms with Crippen LogP contribution in [0.15, 0.2) is 18.2 Å². The molecule has 0 saturated heterocycles. The summed E-state index contributed by atoms with van der Waals surface area (Å²) in [6.45, 7) is 2.15. The van der Waals surface area contributed by atoms with Crippen molar-refractivity contribution in [2.24, 2.45) is 7.05 Å². The molecule has 1 heterocycles. The van der Waals surface area contributed by atoms with Gasteiger partial charge in [-0.2, -0.15) is 4.57 Å². The van der Waals surface area contributed by atoms with Crippen LogP contribution in [0.5, 0.6) is 0 Å². The van der Waals surface area contributed by atoms with E-state index in [2.05, 4.69) is 59.3 Å². The number of hydrogen-bond acceptors (Lipinski definition) is 1. The minimum atomic E-state index is 0. The van der Waals surface area contributed by atoms with Gasteiger partial charge in [0.25, 0.3) is 0 Å². The van der Waals surface area contributed by atoms with E-state index >= 15 is 0 Å². The molecular formula is C9H9I2NS. The highest BCUT2D eigenvalue weighted by atomic mass is 127. The average molecular weight is 417 g/mol. The number of benzene rings is 1. The second-order valence-electron chi connectivity index (χ2n) is 2.79. The molecule has 70 valence electrons. The van der Waals surface area contributed by atoms with Crippen LogP contribution in [0.2, 0.25) is 0 Å². The summed E-state index contributed by atoms with van der Waals surface area (Å²) < 4.78 is 4.92. The molecule has 1 aromatic heterocycles. The quantitative estimate of drug-likeness (QED) is 0.408. The molecule has 0 N–H and O–H groups in total. The Labute approximate surface area is 112 Å². The second-order valence-corrected chi connectivity index (χ2v) is 5.27. The summed E-state index contributed by atoms with van der Waals surface area (Å²) in [4.78, 5) is 0. The van der Waals surface area contributed by atoms with Crippen LogP contribution in [0, 0.1) is 10.5 Å². The molecule has 0 atom stereocenters. The number of thiazole rings is 1. The van der Waals surface area contributed by atoms with Crippen molar-refractivity contribution in [2.75, 3.05) is 0 Å². The van der Waals surface area contributed by atoms with Gasteiger partial charge in [-0.1, -0.05) is 11.3 Å². The number of rotatable bonds is 0. The maximum atomic E-state index is 2.35. The monoisotopic (exact) mass is 417 g/mol. The van der Waals surface area contributed by atoms with E-state index in [-0.39, 0.29) is 24.0 Å². The molecule has 2 rings (SSSR count). The Balaban J connectivity index is 0.000000845. The largest absolute Gasteiger partial charge is 1.00 e. The van der Waals surface area contributed by atoms with E-state index < -0.39 is 0 Å². The van der Waals surface area contributed by atoms with E-state index in [1.807, 2.05) is 11.3 Å². The first-order chi connectivity index (χ1) is 5.68. The number of nitrogens with zero attached hydrogens (tertiary/aromatic N) is 1. The highest BCUT2D eigenvalue weighted by Gasteiger charge is 2.11. The Bertz CT molecular complexity index is 436. The van der Waals surface area contributed by atoms with E-state index in [9.17, 15) is 0 Å². The summed E-state index contributed by atoms with van der Waals surface area (Å²) in [6.07, 6.45) is 0. The molecule has 0 aliphatic rings. The number of aromatic nitrogens is 1. The molecule has 0 aliphatic carbocycles.